The van der Waals surface area contributed by atoms with Crippen molar-refractivity contribution in [2.45, 2.75) is 20.3 Å². The molecule has 0 saturated heterocycles. The van der Waals surface area contributed by atoms with E-state index >= 15 is 0 Å². The molecule has 1 N–H and O–H groups in total. The van der Waals surface area contributed by atoms with Crippen molar-refractivity contribution in [2.75, 3.05) is 18.0 Å². The molecule has 3 nitrogen and oxygen atoms in total. The molecule has 0 spiro atoms. The zero-order chi connectivity index (χ0) is 10.6. The summed E-state index contributed by atoms with van der Waals surface area (Å²) in [5.74, 6) is -0.839. The molecule has 4 heteroatoms. The van der Waals surface area contributed by atoms with Crippen molar-refractivity contribution in [3.8, 4) is 0 Å². The molecule has 1 aromatic rings. The van der Waals surface area contributed by atoms with E-state index < -0.39 is 5.97 Å². The Morgan fingerprint density at radius 1 is 1.50 bits per heavy atom. The van der Waals surface area contributed by atoms with Crippen molar-refractivity contribution in [1.29, 1.82) is 0 Å². The maximum Gasteiger partial charge on any atom is 0.345 e. The first kappa shape index (κ1) is 11.0. The molecule has 0 aromatic carbocycles. The highest BCUT2D eigenvalue weighted by Gasteiger charge is 2.10. The van der Waals surface area contributed by atoms with E-state index in [0.717, 1.165) is 24.5 Å². The second-order valence-electron chi connectivity index (χ2n) is 3.02. The normalized spacial score (nSPS) is 10.1. The van der Waals surface area contributed by atoms with Gasteiger partial charge in [0, 0.05) is 13.1 Å². The Hall–Kier alpha value is -1.03. The molecule has 0 radical (unpaired) electrons. The van der Waals surface area contributed by atoms with Crippen LogP contribution in [0.15, 0.2) is 12.1 Å². The van der Waals surface area contributed by atoms with E-state index in [1.807, 2.05) is 6.07 Å². The molecule has 1 aromatic heterocycles. The van der Waals surface area contributed by atoms with Gasteiger partial charge in [0.15, 0.2) is 0 Å². The van der Waals surface area contributed by atoms with Crippen LogP contribution in [-0.4, -0.2) is 24.2 Å². The number of carbonyl (C=O) groups is 1. The van der Waals surface area contributed by atoms with Crippen LogP contribution in [-0.2, 0) is 0 Å². The molecule has 0 bridgehead atoms. The number of nitrogens with zero attached hydrogens (tertiary/aromatic N) is 1. The molecule has 0 aliphatic heterocycles. The molecule has 78 valence electrons. The Kier molecular flexibility index (Phi) is 3.95. The number of anilines is 1. The lowest BCUT2D eigenvalue weighted by molar-refractivity contribution is 0.0702. The number of aromatic carboxylic acids is 1. The summed E-state index contributed by atoms with van der Waals surface area (Å²) >= 11 is 1.34. The van der Waals surface area contributed by atoms with Crippen molar-refractivity contribution in [1.82, 2.24) is 0 Å². The van der Waals surface area contributed by atoms with Crippen LogP contribution in [0.2, 0.25) is 0 Å². The summed E-state index contributed by atoms with van der Waals surface area (Å²) < 4.78 is 0. The molecule has 0 aliphatic carbocycles. The summed E-state index contributed by atoms with van der Waals surface area (Å²) in [7, 11) is 0. The van der Waals surface area contributed by atoms with Crippen molar-refractivity contribution in [3.63, 3.8) is 0 Å². The van der Waals surface area contributed by atoms with Crippen molar-refractivity contribution in [2.24, 2.45) is 0 Å². The van der Waals surface area contributed by atoms with Crippen LogP contribution in [0.1, 0.15) is 29.9 Å². The van der Waals surface area contributed by atoms with Gasteiger partial charge in [-0.1, -0.05) is 6.92 Å². The van der Waals surface area contributed by atoms with Gasteiger partial charge in [0.2, 0.25) is 0 Å². The van der Waals surface area contributed by atoms with E-state index in [4.69, 9.17) is 5.11 Å². The Balaban J connectivity index is 2.78. The molecule has 0 fully saturated rings. The second-order valence-corrected chi connectivity index (χ2v) is 4.08. The molecule has 1 heterocycles. The first-order valence-electron chi connectivity index (χ1n) is 4.77. The minimum absolute atomic E-state index is 0.412. The molecule has 0 unspecified atom stereocenters. The minimum atomic E-state index is -0.839. The van der Waals surface area contributed by atoms with Gasteiger partial charge < -0.3 is 10.0 Å². The quantitative estimate of drug-likeness (QED) is 0.817. The van der Waals surface area contributed by atoms with Gasteiger partial charge in [0.1, 0.15) is 4.88 Å². The zero-order valence-corrected chi connectivity index (χ0v) is 9.30. The summed E-state index contributed by atoms with van der Waals surface area (Å²) in [5.41, 5.74) is 0. The lowest BCUT2D eigenvalue weighted by Crippen LogP contribution is -2.22. The number of thiophene rings is 1. The third kappa shape index (κ3) is 2.48. The standard InChI is InChI=1S/C10H15NO2S/c1-3-7-11(4-2)9-6-5-8(14-9)10(12)13/h5-6H,3-4,7H2,1-2H3,(H,12,13). The van der Waals surface area contributed by atoms with Crippen LogP contribution in [0, 0.1) is 0 Å². The Morgan fingerprint density at radius 2 is 2.21 bits per heavy atom. The predicted octanol–water partition coefficient (Wildman–Crippen LogP) is 2.68. The number of carboxylic acid groups (broad SMARTS) is 1. The van der Waals surface area contributed by atoms with E-state index in [0.29, 0.717) is 4.88 Å². The van der Waals surface area contributed by atoms with Crippen LogP contribution in [0.25, 0.3) is 0 Å². The fraction of sp³-hybridized carbons (Fsp3) is 0.500. The highest BCUT2D eigenvalue weighted by molar-refractivity contribution is 7.17. The first-order chi connectivity index (χ1) is 6.69. The van der Waals surface area contributed by atoms with E-state index in [1.165, 1.54) is 11.3 Å². The van der Waals surface area contributed by atoms with Gasteiger partial charge in [-0.3, -0.25) is 0 Å². The minimum Gasteiger partial charge on any atom is -0.477 e. The number of hydrogen-bond acceptors (Lipinski definition) is 3. The summed E-state index contributed by atoms with van der Waals surface area (Å²) in [6, 6.07) is 3.55. The molecule has 0 saturated carbocycles. The van der Waals surface area contributed by atoms with E-state index in [9.17, 15) is 4.79 Å². The van der Waals surface area contributed by atoms with Crippen molar-refractivity contribution < 1.29 is 9.90 Å². The van der Waals surface area contributed by atoms with Gasteiger partial charge in [0.05, 0.1) is 5.00 Å². The molecule has 0 amide bonds. The van der Waals surface area contributed by atoms with Crippen LogP contribution in [0.4, 0.5) is 5.00 Å². The van der Waals surface area contributed by atoms with Crippen molar-refractivity contribution in [3.05, 3.63) is 17.0 Å². The molecule has 14 heavy (non-hydrogen) atoms. The summed E-state index contributed by atoms with van der Waals surface area (Å²) in [6.07, 6.45) is 1.08. The van der Waals surface area contributed by atoms with E-state index in [1.54, 1.807) is 6.07 Å². The monoisotopic (exact) mass is 213 g/mol. The highest BCUT2D eigenvalue weighted by Crippen LogP contribution is 2.25. The molecular weight excluding hydrogens is 198 g/mol. The Bertz CT molecular complexity index is 309. The van der Waals surface area contributed by atoms with Gasteiger partial charge in [-0.15, -0.1) is 11.3 Å². The van der Waals surface area contributed by atoms with Gasteiger partial charge in [-0.2, -0.15) is 0 Å². The number of rotatable bonds is 5. The van der Waals surface area contributed by atoms with Crippen LogP contribution in [0.3, 0.4) is 0 Å². The number of carboxylic acids is 1. The molecular formula is C10H15NO2S. The SMILES string of the molecule is CCCN(CC)c1ccc(C(=O)O)s1. The Labute approximate surface area is 88.0 Å². The lowest BCUT2D eigenvalue weighted by Gasteiger charge is -2.19. The number of hydrogen-bond donors (Lipinski definition) is 1. The summed E-state index contributed by atoms with van der Waals surface area (Å²) in [5, 5.41) is 9.82. The third-order valence-electron chi connectivity index (χ3n) is 1.99. The molecule has 0 aliphatic rings. The zero-order valence-electron chi connectivity index (χ0n) is 8.49. The summed E-state index contributed by atoms with van der Waals surface area (Å²) in [6.45, 7) is 6.10. The molecule has 1 rings (SSSR count). The predicted molar refractivity (Wildman–Crippen MR) is 59.5 cm³/mol. The molecule has 0 atom stereocenters. The van der Waals surface area contributed by atoms with Gasteiger partial charge in [0.25, 0.3) is 0 Å². The first-order valence-corrected chi connectivity index (χ1v) is 5.58. The van der Waals surface area contributed by atoms with E-state index in [-0.39, 0.29) is 0 Å². The van der Waals surface area contributed by atoms with Crippen molar-refractivity contribution >= 4 is 22.3 Å². The fourth-order valence-corrected chi connectivity index (χ4v) is 2.24. The van der Waals surface area contributed by atoms with Crippen LogP contribution in [0.5, 0.6) is 0 Å². The largest absolute Gasteiger partial charge is 0.477 e. The third-order valence-corrected chi connectivity index (χ3v) is 3.12. The summed E-state index contributed by atoms with van der Waals surface area (Å²) in [4.78, 5) is 13.3. The van der Waals surface area contributed by atoms with Gasteiger partial charge in [-0.05, 0) is 25.5 Å². The second kappa shape index (κ2) is 5.00. The Morgan fingerprint density at radius 3 is 2.64 bits per heavy atom. The lowest BCUT2D eigenvalue weighted by atomic mass is 10.4. The van der Waals surface area contributed by atoms with Crippen LogP contribution >= 0.6 is 11.3 Å². The van der Waals surface area contributed by atoms with Gasteiger partial charge in [-0.25, -0.2) is 4.79 Å². The van der Waals surface area contributed by atoms with Crippen LogP contribution < -0.4 is 4.90 Å². The highest BCUT2D eigenvalue weighted by atomic mass is 32.1. The maximum absolute atomic E-state index is 10.7. The van der Waals surface area contributed by atoms with Gasteiger partial charge >= 0.3 is 5.97 Å². The average molecular weight is 213 g/mol. The smallest absolute Gasteiger partial charge is 0.345 e. The average Bonchev–Trinajstić information content (AvgIpc) is 2.63. The fourth-order valence-electron chi connectivity index (χ4n) is 1.31. The maximum atomic E-state index is 10.7. The topological polar surface area (TPSA) is 40.5 Å². The van der Waals surface area contributed by atoms with E-state index in [2.05, 4.69) is 18.7 Å².